The van der Waals surface area contributed by atoms with E-state index in [2.05, 4.69) is 57.1 Å². The maximum atomic E-state index is 13.5. The fourth-order valence-electron chi connectivity index (χ4n) is 5.17. The average Bonchev–Trinajstić information content (AvgIpc) is 2.97. The van der Waals surface area contributed by atoms with Gasteiger partial charge in [-0.15, -0.1) is 0 Å². The minimum absolute atomic E-state index is 0.105. The average molecular weight is 393 g/mol. The van der Waals surface area contributed by atoms with Crippen molar-refractivity contribution in [2.75, 3.05) is 13.6 Å². The summed E-state index contributed by atoms with van der Waals surface area (Å²) in [6.07, 6.45) is 8.47. The first kappa shape index (κ1) is 20.0. The van der Waals surface area contributed by atoms with E-state index in [9.17, 15) is 4.79 Å². The summed E-state index contributed by atoms with van der Waals surface area (Å²) in [4.78, 5) is 27.0. The minimum Gasteiger partial charge on any atom is -0.334 e. The van der Waals surface area contributed by atoms with Crippen molar-refractivity contribution in [2.24, 2.45) is 0 Å². The third-order valence-electron chi connectivity index (χ3n) is 6.76. The number of amides is 1. The zero-order valence-electron chi connectivity index (χ0n) is 17.8. The van der Waals surface area contributed by atoms with Crippen molar-refractivity contribution in [3.05, 3.63) is 59.2 Å². The van der Waals surface area contributed by atoms with Gasteiger partial charge in [0.15, 0.2) is 0 Å². The highest BCUT2D eigenvalue weighted by Gasteiger charge is 2.43. The van der Waals surface area contributed by atoms with E-state index in [-0.39, 0.29) is 11.9 Å². The van der Waals surface area contributed by atoms with Crippen LogP contribution >= 0.6 is 0 Å². The number of carbonyl (C=O) groups excluding carboxylic acids is 1. The van der Waals surface area contributed by atoms with Crippen LogP contribution in [0.3, 0.4) is 0 Å². The first-order chi connectivity index (χ1) is 14.0. The van der Waals surface area contributed by atoms with Gasteiger partial charge in [0.2, 0.25) is 0 Å². The van der Waals surface area contributed by atoms with Crippen LogP contribution in [0.25, 0.3) is 0 Å². The predicted octanol–water partition coefficient (Wildman–Crippen LogP) is 3.79. The molecule has 0 saturated carbocycles. The van der Waals surface area contributed by atoms with Crippen LogP contribution < -0.4 is 0 Å². The Morgan fingerprint density at radius 2 is 1.90 bits per heavy atom. The Bertz CT molecular complexity index is 853. The highest BCUT2D eigenvalue weighted by atomic mass is 16.2. The monoisotopic (exact) mass is 392 g/mol. The third kappa shape index (κ3) is 4.20. The summed E-state index contributed by atoms with van der Waals surface area (Å²) in [7, 11) is 2.25. The largest absolute Gasteiger partial charge is 0.334 e. The number of hydrogen-bond donors (Lipinski definition) is 0. The molecule has 0 aliphatic carbocycles. The molecule has 3 heterocycles. The molecule has 5 nitrogen and oxygen atoms in total. The molecule has 0 radical (unpaired) electrons. The summed E-state index contributed by atoms with van der Waals surface area (Å²) in [6.45, 7) is 4.62. The second-order valence-electron chi connectivity index (χ2n) is 8.64. The maximum absolute atomic E-state index is 13.5. The SMILES string of the molecule is Cc1ncc(C(=O)N2CCCCC[C@@H]3[C@@H]2C[C@@H](Cc2ccccc2)N3C)c(C)n1. The van der Waals surface area contributed by atoms with E-state index in [0.29, 0.717) is 23.5 Å². The summed E-state index contributed by atoms with van der Waals surface area (Å²) in [6, 6.07) is 11.9. The van der Waals surface area contributed by atoms with Gasteiger partial charge >= 0.3 is 0 Å². The number of carbonyl (C=O) groups is 1. The van der Waals surface area contributed by atoms with E-state index in [0.717, 1.165) is 31.5 Å². The predicted molar refractivity (Wildman–Crippen MR) is 115 cm³/mol. The Labute approximate surface area is 174 Å². The first-order valence-electron chi connectivity index (χ1n) is 10.9. The quantitative estimate of drug-likeness (QED) is 0.797. The number of benzene rings is 1. The molecule has 5 heteroatoms. The number of likely N-dealkylation sites (tertiary alicyclic amines) is 2. The molecule has 0 N–H and O–H groups in total. The van der Waals surface area contributed by atoms with Crippen LogP contribution in [-0.2, 0) is 6.42 Å². The number of rotatable bonds is 3. The Morgan fingerprint density at radius 3 is 2.66 bits per heavy atom. The van der Waals surface area contributed by atoms with Gasteiger partial charge < -0.3 is 4.90 Å². The van der Waals surface area contributed by atoms with Crippen molar-refractivity contribution in [1.82, 2.24) is 19.8 Å². The smallest absolute Gasteiger partial charge is 0.257 e. The molecular weight excluding hydrogens is 360 g/mol. The second kappa shape index (κ2) is 8.62. The van der Waals surface area contributed by atoms with Crippen LogP contribution in [0.4, 0.5) is 0 Å². The van der Waals surface area contributed by atoms with E-state index in [4.69, 9.17) is 0 Å². The van der Waals surface area contributed by atoms with Crippen molar-refractivity contribution in [3.8, 4) is 0 Å². The molecular formula is C24H32N4O. The molecule has 1 aromatic heterocycles. The topological polar surface area (TPSA) is 49.3 Å². The molecule has 2 aliphatic rings. The molecule has 154 valence electrons. The molecule has 0 unspecified atom stereocenters. The molecule has 2 fully saturated rings. The Kier molecular flexibility index (Phi) is 5.95. The standard InChI is InChI=1S/C24H32N4O/c1-17-21(16-25-18(2)26-17)24(29)28-13-9-5-8-12-22-23(28)15-20(27(22)3)14-19-10-6-4-7-11-19/h4,6-7,10-11,16,20,22-23H,5,8-9,12-15H2,1-3H3/t20-,22-,23+/m1/s1. The van der Waals surface area contributed by atoms with Crippen molar-refractivity contribution in [2.45, 2.75) is 70.5 Å². The van der Waals surface area contributed by atoms with E-state index >= 15 is 0 Å². The molecule has 1 amide bonds. The normalized spacial score (nSPS) is 25.3. The Morgan fingerprint density at radius 1 is 1.10 bits per heavy atom. The summed E-state index contributed by atoms with van der Waals surface area (Å²) in [5, 5.41) is 0. The van der Waals surface area contributed by atoms with Gasteiger partial charge in [-0.05, 0) is 52.1 Å². The summed E-state index contributed by atoms with van der Waals surface area (Å²) < 4.78 is 0. The van der Waals surface area contributed by atoms with Gasteiger partial charge in [0.1, 0.15) is 5.82 Å². The van der Waals surface area contributed by atoms with Crippen molar-refractivity contribution >= 4 is 5.91 Å². The number of likely N-dealkylation sites (N-methyl/N-ethyl adjacent to an activating group) is 1. The molecule has 0 spiro atoms. The van der Waals surface area contributed by atoms with Gasteiger partial charge in [-0.25, -0.2) is 9.97 Å². The maximum Gasteiger partial charge on any atom is 0.257 e. The highest BCUT2D eigenvalue weighted by Crippen LogP contribution is 2.34. The Hall–Kier alpha value is -2.27. The van der Waals surface area contributed by atoms with Crippen molar-refractivity contribution < 1.29 is 4.79 Å². The third-order valence-corrected chi connectivity index (χ3v) is 6.76. The van der Waals surface area contributed by atoms with Gasteiger partial charge in [0, 0.05) is 30.9 Å². The number of aromatic nitrogens is 2. The van der Waals surface area contributed by atoms with E-state index in [1.807, 2.05) is 13.8 Å². The molecule has 2 aromatic rings. The lowest BCUT2D eigenvalue weighted by Crippen LogP contribution is -2.49. The van der Waals surface area contributed by atoms with Crippen LogP contribution in [0, 0.1) is 13.8 Å². The molecule has 0 bridgehead atoms. The molecule has 3 atom stereocenters. The van der Waals surface area contributed by atoms with Crippen LogP contribution in [0.5, 0.6) is 0 Å². The van der Waals surface area contributed by atoms with Crippen LogP contribution in [0.2, 0.25) is 0 Å². The number of fused-ring (bicyclic) bond motifs is 1. The van der Waals surface area contributed by atoms with Gasteiger partial charge in [0.25, 0.3) is 5.91 Å². The lowest BCUT2D eigenvalue weighted by atomic mass is 9.95. The van der Waals surface area contributed by atoms with Crippen LogP contribution in [0.15, 0.2) is 36.5 Å². The van der Waals surface area contributed by atoms with E-state index < -0.39 is 0 Å². The zero-order chi connectivity index (χ0) is 20.4. The van der Waals surface area contributed by atoms with Gasteiger partial charge in [-0.2, -0.15) is 0 Å². The first-order valence-corrected chi connectivity index (χ1v) is 10.9. The summed E-state index contributed by atoms with van der Waals surface area (Å²) >= 11 is 0. The zero-order valence-corrected chi connectivity index (χ0v) is 17.8. The molecule has 2 saturated heterocycles. The van der Waals surface area contributed by atoms with Crippen LogP contribution in [0.1, 0.15) is 59.5 Å². The molecule has 1 aromatic carbocycles. The molecule has 2 aliphatic heterocycles. The fraction of sp³-hybridized carbons (Fsp3) is 0.542. The van der Waals surface area contributed by atoms with Crippen LogP contribution in [-0.4, -0.2) is 57.4 Å². The minimum atomic E-state index is 0.105. The lowest BCUT2D eigenvalue weighted by molar-refractivity contribution is 0.0599. The van der Waals surface area contributed by atoms with Crippen molar-refractivity contribution in [3.63, 3.8) is 0 Å². The van der Waals surface area contributed by atoms with Gasteiger partial charge in [-0.1, -0.05) is 43.2 Å². The van der Waals surface area contributed by atoms with Gasteiger partial charge in [0.05, 0.1) is 11.3 Å². The molecule has 4 rings (SSSR count). The molecule has 29 heavy (non-hydrogen) atoms. The highest BCUT2D eigenvalue weighted by molar-refractivity contribution is 5.95. The second-order valence-corrected chi connectivity index (χ2v) is 8.64. The summed E-state index contributed by atoms with van der Waals surface area (Å²) in [5.74, 6) is 0.821. The number of aryl methyl sites for hydroxylation is 2. The van der Waals surface area contributed by atoms with E-state index in [1.165, 1.54) is 24.8 Å². The summed E-state index contributed by atoms with van der Waals surface area (Å²) in [5.41, 5.74) is 2.82. The number of nitrogens with zero attached hydrogens (tertiary/aromatic N) is 4. The van der Waals surface area contributed by atoms with Crippen molar-refractivity contribution in [1.29, 1.82) is 0 Å². The van der Waals surface area contributed by atoms with Gasteiger partial charge in [-0.3, -0.25) is 9.69 Å². The number of hydrogen-bond acceptors (Lipinski definition) is 4. The fourth-order valence-corrected chi connectivity index (χ4v) is 5.17. The lowest BCUT2D eigenvalue weighted by Gasteiger charge is -2.37. The van der Waals surface area contributed by atoms with E-state index in [1.54, 1.807) is 6.20 Å². The Balaban J connectivity index is 1.59.